The third-order valence-corrected chi connectivity index (χ3v) is 3.57. The Labute approximate surface area is 90.9 Å². The lowest BCUT2D eigenvalue weighted by molar-refractivity contribution is -0.0971. The van der Waals surface area contributed by atoms with Gasteiger partial charge in [-0.1, -0.05) is 25.7 Å². The van der Waals surface area contributed by atoms with Crippen LogP contribution in [0.5, 0.6) is 0 Å². The molecule has 3 heteroatoms. The Balaban J connectivity index is 1.82. The molecule has 0 amide bonds. The highest BCUT2D eigenvalue weighted by Crippen LogP contribution is 2.30. The van der Waals surface area contributed by atoms with Gasteiger partial charge in [0.05, 0.1) is 18.6 Å². The molecule has 0 aromatic rings. The molecule has 0 spiro atoms. The van der Waals surface area contributed by atoms with Gasteiger partial charge in [-0.3, -0.25) is 0 Å². The van der Waals surface area contributed by atoms with E-state index in [1.807, 2.05) is 0 Å². The first-order valence-corrected chi connectivity index (χ1v) is 6.26. The molecule has 0 N–H and O–H groups in total. The van der Waals surface area contributed by atoms with Crippen molar-refractivity contribution in [2.24, 2.45) is 5.92 Å². The van der Waals surface area contributed by atoms with Crippen LogP contribution in [0.4, 0.5) is 0 Å². The van der Waals surface area contributed by atoms with Gasteiger partial charge in [-0.15, -0.1) is 11.6 Å². The van der Waals surface area contributed by atoms with E-state index in [4.69, 9.17) is 21.1 Å². The van der Waals surface area contributed by atoms with Crippen molar-refractivity contribution in [1.82, 2.24) is 0 Å². The van der Waals surface area contributed by atoms with Gasteiger partial charge in [0.1, 0.15) is 0 Å². The Morgan fingerprint density at radius 1 is 1.07 bits per heavy atom. The maximum atomic E-state index is 5.75. The molecular weight excluding hydrogens is 200 g/mol. The van der Waals surface area contributed by atoms with Crippen molar-refractivity contribution in [2.45, 2.75) is 50.9 Å². The molecule has 2 nitrogen and oxygen atoms in total. The highest BCUT2D eigenvalue weighted by molar-refractivity contribution is 6.18. The van der Waals surface area contributed by atoms with E-state index in [1.165, 1.54) is 38.5 Å². The van der Waals surface area contributed by atoms with Gasteiger partial charge in [-0.2, -0.15) is 0 Å². The van der Waals surface area contributed by atoms with E-state index < -0.39 is 0 Å². The first-order valence-electron chi connectivity index (χ1n) is 5.73. The molecular formula is C11H19ClO2. The van der Waals surface area contributed by atoms with Crippen LogP contribution < -0.4 is 0 Å². The number of hydrogen-bond acceptors (Lipinski definition) is 2. The van der Waals surface area contributed by atoms with Gasteiger partial charge in [0.2, 0.25) is 0 Å². The molecule has 0 radical (unpaired) electrons. The fraction of sp³-hybridized carbons (Fsp3) is 1.00. The van der Waals surface area contributed by atoms with E-state index in [0.717, 1.165) is 0 Å². The summed E-state index contributed by atoms with van der Waals surface area (Å²) in [5.74, 6) is 1.18. The molecule has 1 saturated heterocycles. The van der Waals surface area contributed by atoms with Gasteiger partial charge in [-0.25, -0.2) is 0 Å². The summed E-state index contributed by atoms with van der Waals surface area (Å²) in [5.41, 5.74) is 0. The predicted molar refractivity (Wildman–Crippen MR) is 56.5 cm³/mol. The number of halogens is 1. The number of hydrogen-bond donors (Lipinski definition) is 0. The summed E-state index contributed by atoms with van der Waals surface area (Å²) in [4.78, 5) is 0. The standard InChI is InChI=1S/C11H19ClO2/c12-7-10-8-13-11(14-10)9-5-3-1-2-4-6-9/h9-11H,1-8H2. The summed E-state index contributed by atoms with van der Waals surface area (Å²) in [6.07, 6.45) is 8.12. The maximum Gasteiger partial charge on any atom is 0.161 e. The molecule has 1 heterocycles. The van der Waals surface area contributed by atoms with Crippen molar-refractivity contribution in [1.29, 1.82) is 0 Å². The second-order valence-electron chi connectivity index (χ2n) is 4.37. The molecule has 1 saturated carbocycles. The largest absolute Gasteiger partial charge is 0.350 e. The first-order chi connectivity index (χ1) is 6.90. The predicted octanol–water partition coefficient (Wildman–Crippen LogP) is 2.94. The van der Waals surface area contributed by atoms with Crippen molar-refractivity contribution in [3.63, 3.8) is 0 Å². The summed E-state index contributed by atoms with van der Waals surface area (Å²) < 4.78 is 11.4. The van der Waals surface area contributed by atoms with Crippen LogP contribution >= 0.6 is 11.6 Å². The smallest absolute Gasteiger partial charge is 0.161 e. The lowest BCUT2D eigenvalue weighted by Crippen LogP contribution is -2.22. The quantitative estimate of drug-likeness (QED) is 0.524. The summed E-state index contributed by atoms with van der Waals surface area (Å²) in [6, 6.07) is 0. The van der Waals surface area contributed by atoms with Crippen LogP contribution in [0.1, 0.15) is 38.5 Å². The molecule has 1 aliphatic carbocycles. The van der Waals surface area contributed by atoms with Crippen LogP contribution in [-0.2, 0) is 9.47 Å². The molecule has 0 bridgehead atoms. The van der Waals surface area contributed by atoms with Crippen LogP contribution in [0.25, 0.3) is 0 Å². The summed E-state index contributed by atoms with van der Waals surface area (Å²) in [5, 5.41) is 0. The fourth-order valence-corrected chi connectivity index (χ4v) is 2.54. The maximum absolute atomic E-state index is 5.75. The third-order valence-electron chi connectivity index (χ3n) is 3.23. The third kappa shape index (κ3) is 2.62. The van der Waals surface area contributed by atoms with Gasteiger partial charge >= 0.3 is 0 Å². The van der Waals surface area contributed by atoms with Crippen molar-refractivity contribution < 1.29 is 9.47 Å². The van der Waals surface area contributed by atoms with Gasteiger partial charge in [0, 0.05) is 5.92 Å². The van der Waals surface area contributed by atoms with E-state index in [0.29, 0.717) is 18.4 Å². The van der Waals surface area contributed by atoms with E-state index in [9.17, 15) is 0 Å². The Bertz CT molecular complexity index is 167. The van der Waals surface area contributed by atoms with Crippen LogP contribution in [0, 0.1) is 5.92 Å². The minimum atomic E-state index is 0.0387. The van der Waals surface area contributed by atoms with Crippen LogP contribution in [0.15, 0.2) is 0 Å². The summed E-state index contributed by atoms with van der Waals surface area (Å²) >= 11 is 5.74. The Hall–Kier alpha value is 0.210. The lowest BCUT2D eigenvalue weighted by atomic mass is 10.00. The number of alkyl halides is 1. The number of rotatable bonds is 2. The fourth-order valence-electron chi connectivity index (χ4n) is 2.38. The first kappa shape index (κ1) is 10.7. The Morgan fingerprint density at radius 3 is 2.36 bits per heavy atom. The SMILES string of the molecule is ClCC1COC(C2CCCCCC2)O1. The van der Waals surface area contributed by atoms with Crippen LogP contribution in [0.3, 0.4) is 0 Å². The number of ether oxygens (including phenoxy) is 2. The highest BCUT2D eigenvalue weighted by atomic mass is 35.5. The zero-order chi connectivity index (χ0) is 9.80. The summed E-state index contributed by atoms with van der Waals surface area (Å²) in [6.45, 7) is 0.685. The average Bonchev–Trinajstić information content (AvgIpc) is 2.53. The zero-order valence-electron chi connectivity index (χ0n) is 8.58. The van der Waals surface area contributed by atoms with Gasteiger partial charge in [0.15, 0.2) is 6.29 Å². The minimum Gasteiger partial charge on any atom is -0.350 e. The average molecular weight is 219 g/mol. The van der Waals surface area contributed by atoms with Gasteiger partial charge < -0.3 is 9.47 Å². The van der Waals surface area contributed by atoms with Crippen molar-refractivity contribution >= 4 is 11.6 Å². The van der Waals surface area contributed by atoms with Crippen LogP contribution in [0.2, 0.25) is 0 Å². The molecule has 14 heavy (non-hydrogen) atoms. The molecule has 0 aromatic carbocycles. The molecule has 2 rings (SSSR count). The topological polar surface area (TPSA) is 18.5 Å². The van der Waals surface area contributed by atoms with E-state index >= 15 is 0 Å². The van der Waals surface area contributed by atoms with Gasteiger partial charge in [-0.05, 0) is 12.8 Å². The van der Waals surface area contributed by atoms with Crippen molar-refractivity contribution in [3.05, 3.63) is 0 Å². The normalized spacial score (nSPS) is 35.8. The minimum absolute atomic E-state index is 0.0387. The molecule has 2 aliphatic rings. The zero-order valence-corrected chi connectivity index (χ0v) is 9.34. The molecule has 2 unspecified atom stereocenters. The van der Waals surface area contributed by atoms with Crippen molar-refractivity contribution in [3.8, 4) is 0 Å². The molecule has 2 fully saturated rings. The Morgan fingerprint density at radius 2 is 1.79 bits per heavy atom. The van der Waals surface area contributed by atoms with Gasteiger partial charge in [0.25, 0.3) is 0 Å². The van der Waals surface area contributed by atoms with E-state index in [1.54, 1.807) is 0 Å². The lowest BCUT2D eigenvalue weighted by Gasteiger charge is -2.20. The highest BCUT2D eigenvalue weighted by Gasteiger charge is 2.32. The monoisotopic (exact) mass is 218 g/mol. The van der Waals surface area contributed by atoms with E-state index in [2.05, 4.69) is 0 Å². The Kier molecular flexibility index (Phi) is 4.09. The molecule has 1 aliphatic heterocycles. The molecule has 2 atom stereocenters. The molecule has 82 valence electrons. The molecule has 0 aromatic heterocycles. The van der Waals surface area contributed by atoms with Crippen LogP contribution in [-0.4, -0.2) is 24.9 Å². The second-order valence-corrected chi connectivity index (χ2v) is 4.67. The summed E-state index contributed by atoms with van der Waals surface area (Å²) in [7, 11) is 0. The van der Waals surface area contributed by atoms with E-state index in [-0.39, 0.29) is 12.4 Å². The second kappa shape index (κ2) is 5.34. The van der Waals surface area contributed by atoms with Crippen molar-refractivity contribution in [2.75, 3.05) is 12.5 Å².